The van der Waals surface area contributed by atoms with Gasteiger partial charge in [-0.1, -0.05) is 23.4 Å². The summed E-state index contributed by atoms with van der Waals surface area (Å²) in [5, 5.41) is 6.18. The number of esters is 1. The summed E-state index contributed by atoms with van der Waals surface area (Å²) < 4.78 is 36.9. The van der Waals surface area contributed by atoms with Crippen LogP contribution in [0.15, 0.2) is 39.8 Å². The van der Waals surface area contributed by atoms with Crippen LogP contribution in [0.1, 0.15) is 25.3 Å². The first-order valence-corrected chi connectivity index (χ1v) is 9.61. The van der Waals surface area contributed by atoms with Gasteiger partial charge in [-0.3, -0.25) is 9.59 Å². The lowest BCUT2D eigenvalue weighted by Crippen LogP contribution is -2.42. The maximum Gasteiger partial charge on any atom is 0.324 e. The SMILES string of the molecule is Cc1noc(C)c1S(=O)(=O)N[C@@H](C)C(=O)O[C@@H](C)C(=O)Nc1ccccc1. The topological polar surface area (TPSA) is 128 Å². The Kier molecular flexibility index (Phi) is 6.34. The number of hydrogen-bond donors (Lipinski definition) is 2. The van der Waals surface area contributed by atoms with Gasteiger partial charge in [-0.2, -0.15) is 4.72 Å². The van der Waals surface area contributed by atoms with Crippen molar-refractivity contribution in [2.24, 2.45) is 0 Å². The Morgan fingerprint density at radius 1 is 1.15 bits per heavy atom. The largest absolute Gasteiger partial charge is 0.451 e. The van der Waals surface area contributed by atoms with Crippen molar-refractivity contribution in [3.63, 3.8) is 0 Å². The Bertz CT molecular complexity index is 904. The van der Waals surface area contributed by atoms with Gasteiger partial charge in [0, 0.05) is 5.69 Å². The molecule has 0 aliphatic carbocycles. The highest BCUT2D eigenvalue weighted by Crippen LogP contribution is 2.19. The van der Waals surface area contributed by atoms with Crippen LogP contribution >= 0.6 is 0 Å². The molecule has 1 amide bonds. The van der Waals surface area contributed by atoms with E-state index in [0.29, 0.717) is 5.69 Å². The minimum atomic E-state index is -4.03. The Labute approximate surface area is 157 Å². The molecule has 10 heteroatoms. The molecule has 0 saturated heterocycles. The van der Waals surface area contributed by atoms with Crippen LogP contribution < -0.4 is 10.0 Å². The third-order valence-electron chi connectivity index (χ3n) is 3.63. The van der Waals surface area contributed by atoms with Gasteiger partial charge >= 0.3 is 5.97 Å². The highest BCUT2D eigenvalue weighted by atomic mass is 32.2. The highest BCUT2D eigenvalue weighted by Gasteiger charge is 2.30. The smallest absolute Gasteiger partial charge is 0.324 e. The van der Waals surface area contributed by atoms with Gasteiger partial charge in [0.2, 0.25) is 10.0 Å². The van der Waals surface area contributed by atoms with Crippen molar-refractivity contribution in [1.29, 1.82) is 0 Å². The molecule has 0 fully saturated rings. The fourth-order valence-electron chi connectivity index (χ4n) is 2.29. The average molecular weight is 395 g/mol. The Morgan fingerprint density at radius 2 is 1.78 bits per heavy atom. The summed E-state index contributed by atoms with van der Waals surface area (Å²) in [6, 6.07) is 7.46. The van der Waals surface area contributed by atoms with E-state index in [-0.39, 0.29) is 16.3 Å². The Hall–Kier alpha value is -2.72. The quantitative estimate of drug-likeness (QED) is 0.680. The van der Waals surface area contributed by atoms with Crippen LogP contribution in [-0.4, -0.2) is 37.6 Å². The first-order valence-electron chi connectivity index (χ1n) is 8.13. The first-order chi connectivity index (χ1) is 12.6. The molecule has 0 saturated carbocycles. The van der Waals surface area contributed by atoms with Crippen LogP contribution in [0.25, 0.3) is 0 Å². The predicted octanol–water partition coefficient (Wildman–Crippen LogP) is 1.53. The van der Waals surface area contributed by atoms with Gasteiger partial charge in [0.05, 0.1) is 0 Å². The van der Waals surface area contributed by atoms with Crippen LogP contribution in [0.5, 0.6) is 0 Å². The summed E-state index contributed by atoms with van der Waals surface area (Å²) in [6.45, 7) is 5.64. The minimum absolute atomic E-state index is 0.108. The number of benzene rings is 1. The zero-order valence-corrected chi connectivity index (χ0v) is 16.2. The van der Waals surface area contributed by atoms with Gasteiger partial charge in [0.1, 0.15) is 16.6 Å². The molecule has 27 heavy (non-hydrogen) atoms. The zero-order chi connectivity index (χ0) is 20.2. The standard InChI is InChI=1S/C17H21N3O6S/c1-10-15(12(3)26-19-10)27(23,24)20-11(2)17(22)25-13(4)16(21)18-14-8-6-5-7-9-14/h5-9,11,13,20H,1-4H3,(H,18,21)/t11-,13-/m0/s1. The van der Waals surface area contributed by atoms with E-state index in [0.717, 1.165) is 0 Å². The number of aryl methyl sites for hydroxylation is 2. The van der Waals surface area contributed by atoms with Crippen LogP contribution in [0.3, 0.4) is 0 Å². The van der Waals surface area contributed by atoms with Gasteiger partial charge in [0.15, 0.2) is 11.9 Å². The molecule has 0 aliphatic rings. The molecule has 0 spiro atoms. The number of carbonyl (C=O) groups is 2. The summed E-state index contributed by atoms with van der Waals surface area (Å²) in [5.74, 6) is -1.31. The summed E-state index contributed by atoms with van der Waals surface area (Å²) in [6.07, 6.45) is -1.11. The maximum absolute atomic E-state index is 12.4. The van der Waals surface area contributed by atoms with Crippen molar-refractivity contribution in [1.82, 2.24) is 9.88 Å². The number of para-hydroxylation sites is 1. The van der Waals surface area contributed by atoms with Gasteiger partial charge in [0.25, 0.3) is 5.91 Å². The number of aromatic nitrogens is 1. The monoisotopic (exact) mass is 395 g/mol. The van der Waals surface area contributed by atoms with E-state index in [1.807, 2.05) is 0 Å². The second-order valence-corrected chi connectivity index (χ2v) is 7.58. The summed E-state index contributed by atoms with van der Waals surface area (Å²) >= 11 is 0. The zero-order valence-electron chi connectivity index (χ0n) is 15.3. The molecule has 9 nitrogen and oxygen atoms in total. The fraction of sp³-hybridized carbons (Fsp3) is 0.353. The number of carbonyl (C=O) groups excluding carboxylic acids is 2. The van der Waals surface area contributed by atoms with E-state index in [9.17, 15) is 18.0 Å². The van der Waals surface area contributed by atoms with Crippen LogP contribution in [0, 0.1) is 13.8 Å². The molecule has 0 aliphatic heterocycles. The second kappa shape index (κ2) is 8.31. The molecular weight excluding hydrogens is 374 g/mol. The predicted molar refractivity (Wildman–Crippen MR) is 96.4 cm³/mol. The number of ether oxygens (including phenoxy) is 1. The van der Waals surface area contributed by atoms with Crippen molar-refractivity contribution in [2.75, 3.05) is 5.32 Å². The van der Waals surface area contributed by atoms with E-state index in [4.69, 9.17) is 9.26 Å². The third-order valence-corrected chi connectivity index (χ3v) is 5.41. The number of sulfonamides is 1. The minimum Gasteiger partial charge on any atom is -0.451 e. The molecule has 0 radical (unpaired) electrons. The normalized spacial score (nSPS) is 13.6. The molecule has 2 atom stereocenters. The highest BCUT2D eigenvalue weighted by molar-refractivity contribution is 7.89. The van der Waals surface area contributed by atoms with E-state index in [1.165, 1.54) is 27.7 Å². The second-order valence-electron chi connectivity index (χ2n) is 5.93. The van der Waals surface area contributed by atoms with Crippen molar-refractivity contribution in [3.05, 3.63) is 41.8 Å². The van der Waals surface area contributed by atoms with Crippen molar-refractivity contribution < 1.29 is 27.3 Å². The summed E-state index contributed by atoms with van der Waals surface area (Å²) in [5.41, 5.74) is 0.730. The van der Waals surface area contributed by atoms with E-state index in [2.05, 4.69) is 15.2 Å². The fourth-order valence-corrected chi connectivity index (χ4v) is 3.81. The average Bonchev–Trinajstić information content (AvgIpc) is 2.94. The summed E-state index contributed by atoms with van der Waals surface area (Å²) in [7, 11) is -4.03. The Morgan fingerprint density at radius 3 is 2.33 bits per heavy atom. The first kappa shape index (κ1) is 20.6. The van der Waals surface area contributed by atoms with E-state index < -0.39 is 34.0 Å². The Balaban J connectivity index is 1.97. The van der Waals surface area contributed by atoms with E-state index >= 15 is 0 Å². The number of amides is 1. The maximum atomic E-state index is 12.4. The molecule has 0 bridgehead atoms. The third kappa shape index (κ3) is 5.14. The number of hydrogen-bond acceptors (Lipinski definition) is 7. The van der Waals surface area contributed by atoms with Crippen molar-refractivity contribution >= 4 is 27.6 Å². The van der Waals surface area contributed by atoms with Crippen molar-refractivity contribution in [2.45, 2.75) is 44.7 Å². The molecular formula is C17H21N3O6S. The molecule has 2 N–H and O–H groups in total. The lowest BCUT2D eigenvalue weighted by molar-refractivity contribution is -0.154. The number of nitrogens with zero attached hydrogens (tertiary/aromatic N) is 1. The molecule has 1 heterocycles. The number of nitrogens with one attached hydrogen (secondary N) is 2. The van der Waals surface area contributed by atoms with Gasteiger partial charge < -0.3 is 14.6 Å². The molecule has 1 aromatic heterocycles. The van der Waals surface area contributed by atoms with Crippen LogP contribution in [0.4, 0.5) is 5.69 Å². The molecule has 146 valence electrons. The molecule has 2 aromatic rings. The lowest BCUT2D eigenvalue weighted by Gasteiger charge is -2.17. The lowest BCUT2D eigenvalue weighted by atomic mass is 10.3. The number of anilines is 1. The van der Waals surface area contributed by atoms with Gasteiger partial charge in [-0.15, -0.1) is 0 Å². The van der Waals surface area contributed by atoms with Crippen LogP contribution in [0.2, 0.25) is 0 Å². The van der Waals surface area contributed by atoms with Gasteiger partial charge in [-0.05, 0) is 39.8 Å². The molecule has 2 rings (SSSR count). The molecule has 0 unspecified atom stereocenters. The number of rotatable bonds is 7. The van der Waals surface area contributed by atoms with Gasteiger partial charge in [-0.25, -0.2) is 8.42 Å². The molecule has 1 aromatic carbocycles. The van der Waals surface area contributed by atoms with Crippen LogP contribution in [-0.2, 0) is 24.3 Å². The van der Waals surface area contributed by atoms with Crippen molar-refractivity contribution in [3.8, 4) is 0 Å². The summed E-state index contributed by atoms with van der Waals surface area (Å²) in [4.78, 5) is 24.1. The van der Waals surface area contributed by atoms with E-state index in [1.54, 1.807) is 30.3 Å².